The second-order valence-electron chi connectivity index (χ2n) is 8.37. The van der Waals surface area contributed by atoms with E-state index in [2.05, 4.69) is 0 Å². The van der Waals surface area contributed by atoms with E-state index in [1.807, 2.05) is 13.8 Å². The van der Waals surface area contributed by atoms with Gasteiger partial charge in [-0.2, -0.15) is 0 Å². The van der Waals surface area contributed by atoms with Crippen LogP contribution in [0.5, 0.6) is 0 Å². The van der Waals surface area contributed by atoms with Gasteiger partial charge in [0, 0.05) is 6.42 Å². The second kappa shape index (κ2) is 9.64. The predicted octanol–water partition coefficient (Wildman–Crippen LogP) is 3.48. The average molecular weight is 386 g/mol. The molecule has 1 saturated heterocycles. The largest absolute Gasteiger partial charge is 0.444 e. The van der Waals surface area contributed by atoms with E-state index in [4.69, 9.17) is 14.2 Å². The minimum absolute atomic E-state index is 0.0748. The van der Waals surface area contributed by atoms with Crippen molar-refractivity contribution in [2.24, 2.45) is 0 Å². The van der Waals surface area contributed by atoms with E-state index in [0.29, 0.717) is 6.42 Å². The SMILES string of the molecule is CCC(CC)O[C@H](C=O)[C@@H]1OC(C)(C)N(C(=O)OC(C)(C)C)[C@H]1CCC=O. The molecule has 7 heteroatoms. The zero-order valence-electron chi connectivity index (χ0n) is 17.7. The van der Waals surface area contributed by atoms with E-state index in [1.165, 1.54) is 4.90 Å². The number of rotatable bonds is 9. The van der Waals surface area contributed by atoms with Crippen LogP contribution in [0.4, 0.5) is 4.79 Å². The fourth-order valence-electron chi connectivity index (χ4n) is 3.39. The lowest BCUT2D eigenvalue weighted by atomic mass is 10.00. The summed E-state index contributed by atoms with van der Waals surface area (Å²) in [7, 11) is 0. The molecule has 0 aromatic heterocycles. The van der Waals surface area contributed by atoms with Crippen LogP contribution in [0, 0.1) is 0 Å². The normalized spacial score (nSPS) is 23.3. The molecule has 27 heavy (non-hydrogen) atoms. The molecule has 1 aliphatic rings. The first-order valence-electron chi connectivity index (χ1n) is 9.75. The number of hydrogen-bond donors (Lipinski definition) is 0. The third kappa shape index (κ3) is 6.28. The van der Waals surface area contributed by atoms with Gasteiger partial charge in [-0.15, -0.1) is 0 Å². The average Bonchev–Trinajstić information content (AvgIpc) is 2.83. The second-order valence-corrected chi connectivity index (χ2v) is 8.37. The van der Waals surface area contributed by atoms with Crippen molar-refractivity contribution in [2.45, 2.75) is 110 Å². The first kappa shape index (κ1) is 23.6. The molecule has 1 rings (SSSR count). The van der Waals surface area contributed by atoms with Crippen LogP contribution in [0.3, 0.4) is 0 Å². The van der Waals surface area contributed by atoms with Gasteiger partial charge in [0.1, 0.15) is 29.8 Å². The Labute approximate surface area is 162 Å². The Morgan fingerprint density at radius 3 is 2.26 bits per heavy atom. The highest BCUT2D eigenvalue weighted by Gasteiger charge is 2.53. The molecule has 1 fully saturated rings. The molecule has 1 amide bonds. The van der Waals surface area contributed by atoms with Crippen LogP contribution in [0.25, 0.3) is 0 Å². The van der Waals surface area contributed by atoms with Crippen LogP contribution in [0.2, 0.25) is 0 Å². The Hall–Kier alpha value is -1.47. The summed E-state index contributed by atoms with van der Waals surface area (Å²) in [6.45, 7) is 12.9. The maximum atomic E-state index is 12.8. The Morgan fingerprint density at radius 2 is 1.81 bits per heavy atom. The minimum Gasteiger partial charge on any atom is -0.444 e. The molecule has 3 atom stereocenters. The fraction of sp³-hybridized carbons (Fsp3) is 0.850. The van der Waals surface area contributed by atoms with Crippen molar-refractivity contribution in [3.8, 4) is 0 Å². The van der Waals surface area contributed by atoms with Crippen LogP contribution in [0.1, 0.15) is 74.1 Å². The lowest BCUT2D eigenvalue weighted by Crippen LogP contribution is -2.51. The molecule has 0 radical (unpaired) electrons. The molecule has 0 saturated carbocycles. The van der Waals surface area contributed by atoms with Gasteiger partial charge >= 0.3 is 6.09 Å². The number of hydrogen-bond acceptors (Lipinski definition) is 6. The highest BCUT2D eigenvalue weighted by Crippen LogP contribution is 2.37. The summed E-state index contributed by atoms with van der Waals surface area (Å²) in [5, 5.41) is 0. The molecule has 0 aromatic carbocycles. The van der Waals surface area contributed by atoms with Gasteiger partial charge in [0.15, 0.2) is 6.29 Å². The summed E-state index contributed by atoms with van der Waals surface area (Å²) >= 11 is 0. The van der Waals surface area contributed by atoms with Gasteiger partial charge in [-0.25, -0.2) is 4.79 Å². The molecule has 0 aromatic rings. The standard InChI is InChI=1S/C20H35NO6/c1-8-14(9-2)25-16(13-23)17-15(11-10-12-22)21(20(6,7)26-17)18(24)27-19(3,4)5/h12-17H,8-11H2,1-7H3/t15-,16+,17+/m0/s1. The monoisotopic (exact) mass is 385 g/mol. The Morgan fingerprint density at radius 1 is 1.22 bits per heavy atom. The van der Waals surface area contributed by atoms with Crippen LogP contribution < -0.4 is 0 Å². The molecular weight excluding hydrogens is 350 g/mol. The van der Waals surface area contributed by atoms with Crippen molar-refractivity contribution < 1.29 is 28.6 Å². The first-order valence-corrected chi connectivity index (χ1v) is 9.75. The summed E-state index contributed by atoms with van der Waals surface area (Å²) in [6, 6.07) is -0.496. The molecule has 0 spiro atoms. The quantitative estimate of drug-likeness (QED) is 0.565. The van der Waals surface area contributed by atoms with E-state index in [-0.39, 0.29) is 12.5 Å². The van der Waals surface area contributed by atoms with E-state index >= 15 is 0 Å². The van der Waals surface area contributed by atoms with Crippen LogP contribution in [0.15, 0.2) is 0 Å². The van der Waals surface area contributed by atoms with Gasteiger partial charge in [0.25, 0.3) is 0 Å². The molecule has 0 N–H and O–H groups in total. The minimum atomic E-state index is -0.987. The van der Waals surface area contributed by atoms with E-state index in [9.17, 15) is 14.4 Å². The Kier molecular flexibility index (Phi) is 8.42. The summed E-state index contributed by atoms with van der Waals surface area (Å²) < 4.78 is 17.6. The van der Waals surface area contributed by atoms with Gasteiger partial charge in [0.05, 0.1) is 12.1 Å². The maximum absolute atomic E-state index is 12.8. The third-order valence-electron chi connectivity index (χ3n) is 4.60. The molecule has 7 nitrogen and oxygen atoms in total. The smallest absolute Gasteiger partial charge is 0.412 e. The summed E-state index contributed by atoms with van der Waals surface area (Å²) in [6.07, 6.45) is 1.59. The van der Waals surface area contributed by atoms with Gasteiger partial charge in [-0.05, 0) is 53.9 Å². The van der Waals surface area contributed by atoms with Crippen molar-refractivity contribution >= 4 is 18.7 Å². The van der Waals surface area contributed by atoms with Crippen molar-refractivity contribution in [3.63, 3.8) is 0 Å². The zero-order valence-corrected chi connectivity index (χ0v) is 17.7. The van der Waals surface area contributed by atoms with Crippen LogP contribution in [-0.4, -0.2) is 59.2 Å². The topological polar surface area (TPSA) is 82.1 Å². The van der Waals surface area contributed by atoms with Crippen LogP contribution >= 0.6 is 0 Å². The molecular formula is C20H35NO6. The van der Waals surface area contributed by atoms with E-state index in [0.717, 1.165) is 25.4 Å². The Balaban J connectivity index is 3.17. The number of carbonyl (C=O) groups is 3. The third-order valence-corrected chi connectivity index (χ3v) is 4.60. The van der Waals surface area contributed by atoms with Crippen molar-refractivity contribution in [1.82, 2.24) is 4.90 Å². The van der Waals surface area contributed by atoms with Gasteiger partial charge in [-0.1, -0.05) is 13.8 Å². The highest BCUT2D eigenvalue weighted by molar-refractivity contribution is 5.70. The number of aldehydes is 2. The number of ether oxygens (including phenoxy) is 3. The maximum Gasteiger partial charge on any atom is 0.412 e. The number of nitrogens with zero attached hydrogens (tertiary/aromatic N) is 1. The lowest BCUT2D eigenvalue weighted by Gasteiger charge is -2.35. The highest BCUT2D eigenvalue weighted by atomic mass is 16.6. The van der Waals surface area contributed by atoms with Crippen molar-refractivity contribution in [2.75, 3.05) is 0 Å². The predicted molar refractivity (Wildman–Crippen MR) is 101 cm³/mol. The molecule has 0 aliphatic carbocycles. The van der Waals surface area contributed by atoms with E-state index in [1.54, 1.807) is 34.6 Å². The number of amides is 1. The van der Waals surface area contributed by atoms with E-state index < -0.39 is 35.7 Å². The van der Waals surface area contributed by atoms with Gasteiger partial charge in [0.2, 0.25) is 0 Å². The number of carbonyl (C=O) groups excluding carboxylic acids is 3. The van der Waals surface area contributed by atoms with Crippen molar-refractivity contribution in [3.05, 3.63) is 0 Å². The molecule has 0 bridgehead atoms. The lowest BCUT2D eigenvalue weighted by molar-refractivity contribution is -0.147. The first-order chi connectivity index (χ1) is 12.5. The Bertz CT molecular complexity index is 509. The molecule has 156 valence electrons. The summed E-state index contributed by atoms with van der Waals surface area (Å²) in [5.74, 6) is 0. The van der Waals surface area contributed by atoms with Gasteiger partial charge in [-0.3, -0.25) is 4.90 Å². The molecule has 1 heterocycles. The zero-order chi connectivity index (χ0) is 20.8. The van der Waals surface area contributed by atoms with Crippen LogP contribution in [-0.2, 0) is 23.8 Å². The van der Waals surface area contributed by atoms with Crippen molar-refractivity contribution in [1.29, 1.82) is 0 Å². The summed E-state index contributed by atoms with van der Waals surface area (Å²) in [5.41, 5.74) is -1.66. The fourth-order valence-corrected chi connectivity index (χ4v) is 3.39. The molecule has 0 unspecified atom stereocenters. The van der Waals surface area contributed by atoms with Gasteiger partial charge < -0.3 is 23.8 Å². The summed E-state index contributed by atoms with van der Waals surface area (Å²) in [4.78, 5) is 37.1. The molecule has 1 aliphatic heterocycles.